The van der Waals surface area contributed by atoms with Crippen LogP contribution >= 0.6 is 0 Å². The van der Waals surface area contributed by atoms with E-state index in [-0.39, 0.29) is 11.4 Å². The number of aryl methyl sites for hydroxylation is 2. The lowest BCUT2D eigenvalue weighted by Gasteiger charge is -2.09. The highest BCUT2D eigenvalue weighted by Gasteiger charge is 2.26. The van der Waals surface area contributed by atoms with Crippen molar-refractivity contribution in [3.8, 4) is 0 Å². The second-order valence-corrected chi connectivity index (χ2v) is 6.25. The van der Waals surface area contributed by atoms with E-state index in [1.54, 1.807) is 20.9 Å². The zero-order valence-corrected chi connectivity index (χ0v) is 12.6. The Morgan fingerprint density at radius 3 is 2.35 bits per heavy atom. The topological polar surface area (TPSA) is 101 Å². The van der Waals surface area contributed by atoms with Crippen LogP contribution in [0.5, 0.6) is 0 Å². The molecule has 7 nitrogen and oxygen atoms in total. The maximum absolute atomic E-state index is 12.1. The summed E-state index contributed by atoms with van der Waals surface area (Å²) >= 11 is 0. The fourth-order valence-electron chi connectivity index (χ4n) is 1.68. The van der Waals surface area contributed by atoms with Gasteiger partial charge >= 0.3 is 0 Å². The maximum atomic E-state index is 12.1. The zero-order valence-electron chi connectivity index (χ0n) is 11.8. The first-order chi connectivity index (χ1) is 9.29. The molecule has 0 radical (unpaired) electrons. The van der Waals surface area contributed by atoms with Crippen molar-refractivity contribution in [3.05, 3.63) is 33.4 Å². The van der Waals surface area contributed by atoms with E-state index in [9.17, 15) is 18.5 Å². The molecule has 1 aromatic rings. The highest BCUT2D eigenvalue weighted by Crippen LogP contribution is 2.27. The summed E-state index contributed by atoms with van der Waals surface area (Å²) in [6.07, 6.45) is 0.606. The molecule has 0 aliphatic rings. The molecule has 2 N–H and O–H groups in total. The van der Waals surface area contributed by atoms with Crippen LogP contribution < -0.4 is 10.0 Å². The molecule has 0 saturated carbocycles. The Bertz CT molecular complexity index is 599. The summed E-state index contributed by atoms with van der Waals surface area (Å²) < 4.78 is 26.7. The fraction of sp³-hybridized carbons (Fsp3) is 0.500. The molecule has 0 bridgehead atoms. The molecule has 0 saturated heterocycles. The van der Waals surface area contributed by atoms with Crippen molar-refractivity contribution in [1.29, 1.82) is 0 Å². The lowest BCUT2D eigenvalue weighted by Crippen LogP contribution is -2.27. The van der Waals surface area contributed by atoms with Gasteiger partial charge in [0.2, 0.25) is 10.0 Å². The molecule has 20 heavy (non-hydrogen) atoms. The van der Waals surface area contributed by atoms with Gasteiger partial charge < -0.3 is 5.32 Å². The van der Waals surface area contributed by atoms with Crippen LogP contribution in [0.15, 0.2) is 17.0 Å². The van der Waals surface area contributed by atoms with Crippen LogP contribution in [0.3, 0.4) is 0 Å². The molecule has 0 spiro atoms. The van der Waals surface area contributed by atoms with Crippen LogP contribution in [0.1, 0.15) is 17.5 Å². The lowest BCUT2D eigenvalue weighted by molar-refractivity contribution is -0.387. The van der Waals surface area contributed by atoms with Crippen LogP contribution in [-0.2, 0) is 10.0 Å². The van der Waals surface area contributed by atoms with Gasteiger partial charge in [-0.15, -0.1) is 0 Å². The van der Waals surface area contributed by atoms with Gasteiger partial charge in [-0.05, 0) is 51.1 Å². The zero-order chi connectivity index (χ0) is 15.3. The maximum Gasteiger partial charge on any atom is 0.289 e. The average molecular weight is 301 g/mol. The quantitative estimate of drug-likeness (QED) is 0.446. The Hall–Kier alpha value is -1.51. The molecule has 112 valence electrons. The number of rotatable bonds is 7. The molecule has 0 aromatic heterocycles. The first-order valence-electron chi connectivity index (χ1n) is 6.19. The smallest absolute Gasteiger partial charge is 0.289 e. The van der Waals surface area contributed by atoms with E-state index in [4.69, 9.17) is 0 Å². The molecule has 1 rings (SSSR count). The molecular weight excluding hydrogens is 282 g/mol. The Morgan fingerprint density at radius 1 is 1.20 bits per heavy atom. The van der Waals surface area contributed by atoms with E-state index in [1.807, 2.05) is 0 Å². The van der Waals surface area contributed by atoms with Crippen LogP contribution in [0, 0.1) is 24.0 Å². The van der Waals surface area contributed by atoms with Crippen molar-refractivity contribution < 1.29 is 13.3 Å². The summed E-state index contributed by atoms with van der Waals surface area (Å²) in [6, 6.07) is 2.63. The Balaban J connectivity index is 3.10. The number of nitro groups is 1. The van der Waals surface area contributed by atoms with Gasteiger partial charge in [-0.1, -0.05) is 0 Å². The van der Waals surface area contributed by atoms with Crippen molar-refractivity contribution >= 4 is 15.7 Å². The van der Waals surface area contributed by atoms with E-state index < -0.39 is 20.6 Å². The summed E-state index contributed by atoms with van der Waals surface area (Å²) in [5.74, 6) is 0. The highest BCUT2D eigenvalue weighted by atomic mass is 32.2. The third-order valence-electron chi connectivity index (χ3n) is 2.96. The van der Waals surface area contributed by atoms with Crippen LogP contribution in [0.2, 0.25) is 0 Å². The minimum absolute atomic E-state index is 0.229. The second kappa shape index (κ2) is 6.78. The number of nitrogens with zero attached hydrogens (tertiary/aromatic N) is 1. The standard InChI is InChI=1S/C12H19N3O4S/c1-9-7-11(15(16)17)12(8-10(9)2)20(18,19)14-6-4-5-13-3/h7-8,13-14H,4-6H2,1-3H3. The van der Waals surface area contributed by atoms with Crippen molar-refractivity contribution in [3.63, 3.8) is 0 Å². The van der Waals surface area contributed by atoms with Crippen LogP contribution in [0.4, 0.5) is 5.69 Å². The monoisotopic (exact) mass is 301 g/mol. The normalized spacial score (nSPS) is 11.6. The number of hydrogen-bond donors (Lipinski definition) is 2. The number of hydrogen-bond acceptors (Lipinski definition) is 5. The van der Waals surface area contributed by atoms with E-state index in [0.29, 0.717) is 24.1 Å². The average Bonchev–Trinajstić information content (AvgIpc) is 2.37. The van der Waals surface area contributed by atoms with Crippen molar-refractivity contribution in [2.24, 2.45) is 0 Å². The largest absolute Gasteiger partial charge is 0.320 e. The SMILES string of the molecule is CNCCCNS(=O)(=O)c1cc(C)c(C)cc1[N+](=O)[O-]. The third-order valence-corrected chi connectivity index (χ3v) is 4.45. The van der Waals surface area contributed by atoms with Gasteiger partial charge in [0.05, 0.1) is 4.92 Å². The van der Waals surface area contributed by atoms with Crippen LogP contribution in [0.25, 0.3) is 0 Å². The van der Waals surface area contributed by atoms with Gasteiger partial charge in [0.15, 0.2) is 4.90 Å². The van der Waals surface area contributed by atoms with E-state index in [1.165, 1.54) is 12.1 Å². The van der Waals surface area contributed by atoms with Gasteiger partial charge in [0.25, 0.3) is 5.69 Å². The minimum Gasteiger partial charge on any atom is -0.320 e. The predicted molar refractivity (Wildman–Crippen MR) is 76.3 cm³/mol. The number of nitro benzene ring substituents is 1. The first kappa shape index (κ1) is 16.5. The van der Waals surface area contributed by atoms with Gasteiger partial charge in [-0.25, -0.2) is 13.1 Å². The number of sulfonamides is 1. The highest BCUT2D eigenvalue weighted by molar-refractivity contribution is 7.89. The summed E-state index contributed by atoms with van der Waals surface area (Å²) in [5, 5.41) is 13.9. The molecule has 0 amide bonds. The number of nitrogens with one attached hydrogen (secondary N) is 2. The Kier molecular flexibility index (Phi) is 5.61. The molecule has 0 heterocycles. The predicted octanol–water partition coefficient (Wildman–Crippen LogP) is 1.10. The van der Waals surface area contributed by atoms with E-state index in [0.717, 1.165) is 0 Å². The lowest BCUT2D eigenvalue weighted by atomic mass is 10.1. The Morgan fingerprint density at radius 2 is 1.80 bits per heavy atom. The van der Waals surface area contributed by atoms with Gasteiger partial charge in [-0.3, -0.25) is 10.1 Å². The molecule has 0 aliphatic heterocycles. The molecule has 0 unspecified atom stereocenters. The molecular formula is C12H19N3O4S. The Labute approximate surface area is 118 Å². The van der Waals surface area contributed by atoms with Crippen molar-refractivity contribution in [2.45, 2.75) is 25.2 Å². The summed E-state index contributed by atoms with van der Waals surface area (Å²) in [5.41, 5.74) is 0.992. The molecule has 0 atom stereocenters. The second-order valence-electron chi connectivity index (χ2n) is 4.52. The van der Waals surface area contributed by atoms with Gasteiger partial charge in [-0.2, -0.15) is 0 Å². The first-order valence-corrected chi connectivity index (χ1v) is 7.68. The van der Waals surface area contributed by atoms with Gasteiger partial charge in [0, 0.05) is 12.6 Å². The van der Waals surface area contributed by atoms with E-state index in [2.05, 4.69) is 10.0 Å². The summed E-state index contributed by atoms with van der Waals surface area (Å²) in [6.45, 7) is 4.32. The van der Waals surface area contributed by atoms with Crippen molar-refractivity contribution in [2.75, 3.05) is 20.1 Å². The van der Waals surface area contributed by atoms with Crippen molar-refractivity contribution in [1.82, 2.24) is 10.0 Å². The van der Waals surface area contributed by atoms with Gasteiger partial charge in [0.1, 0.15) is 0 Å². The summed E-state index contributed by atoms with van der Waals surface area (Å²) in [4.78, 5) is 10.1. The molecule has 1 aromatic carbocycles. The third kappa shape index (κ3) is 3.99. The van der Waals surface area contributed by atoms with E-state index >= 15 is 0 Å². The molecule has 0 aliphatic carbocycles. The molecule has 8 heteroatoms. The number of benzene rings is 1. The van der Waals surface area contributed by atoms with Crippen LogP contribution in [-0.4, -0.2) is 33.5 Å². The summed E-state index contributed by atoms with van der Waals surface area (Å²) in [7, 11) is -2.11. The fourth-order valence-corrected chi connectivity index (χ4v) is 2.99. The molecule has 0 fully saturated rings. The minimum atomic E-state index is -3.88.